The first-order valence-corrected chi connectivity index (χ1v) is 11.0. The molecule has 3 aromatic heterocycles. The van der Waals surface area contributed by atoms with Crippen molar-refractivity contribution in [1.82, 2.24) is 24.6 Å². The lowest BCUT2D eigenvalue weighted by atomic mass is 10.1. The van der Waals surface area contributed by atoms with Crippen LogP contribution >= 0.6 is 0 Å². The largest absolute Gasteiger partial charge is 0.494 e. The molecule has 1 fully saturated rings. The van der Waals surface area contributed by atoms with E-state index >= 15 is 0 Å². The average Bonchev–Trinajstić information content (AvgIpc) is 3.32. The number of nitrogens with two attached hydrogens (primary N) is 1. The molecule has 1 saturated heterocycles. The highest BCUT2D eigenvalue weighted by atomic mass is 19.1. The highest BCUT2D eigenvalue weighted by molar-refractivity contribution is 5.93. The number of piperidine rings is 1. The summed E-state index contributed by atoms with van der Waals surface area (Å²) in [5, 5.41) is 4.44. The van der Waals surface area contributed by atoms with E-state index in [-0.39, 0.29) is 17.8 Å². The highest BCUT2D eigenvalue weighted by Crippen LogP contribution is 2.26. The standard InChI is InChI=1S/C13H20N2O.C10H8FN5O/c1-11(2)16-13-7-6-12(10-14-13)15-8-4-3-5-9-15;1-17-8-3-7-5(2-6(8)11)9-13-4-14-16(9)10(12)15-7/h6-7,10-11H,3-5,8-9H2,1-2H3;2-4H,1H3,(H2,12,15). The molecule has 4 heterocycles. The van der Waals surface area contributed by atoms with Gasteiger partial charge in [0.25, 0.3) is 0 Å². The molecule has 0 aliphatic carbocycles. The molecule has 0 spiro atoms. The first kappa shape index (κ1) is 22.5. The Morgan fingerprint density at radius 3 is 2.55 bits per heavy atom. The Labute approximate surface area is 191 Å². The van der Waals surface area contributed by atoms with E-state index in [0.29, 0.717) is 16.6 Å². The van der Waals surface area contributed by atoms with Crippen LogP contribution in [0.5, 0.6) is 11.6 Å². The molecule has 0 radical (unpaired) electrons. The van der Waals surface area contributed by atoms with Crippen LogP contribution in [0.2, 0.25) is 0 Å². The number of hydrogen-bond donors (Lipinski definition) is 1. The Hall–Kier alpha value is -3.69. The van der Waals surface area contributed by atoms with E-state index in [1.807, 2.05) is 26.1 Å². The van der Waals surface area contributed by atoms with E-state index in [9.17, 15) is 4.39 Å². The van der Waals surface area contributed by atoms with Crippen molar-refractivity contribution in [3.8, 4) is 11.6 Å². The second-order valence-electron chi connectivity index (χ2n) is 8.04. The van der Waals surface area contributed by atoms with Crippen molar-refractivity contribution in [2.24, 2.45) is 0 Å². The van der Waals surface area contributed by atoms with Gasteiger partial charge in [-0.05, 0) is 45.2 Å². The minimum Gasteiger partial charge on any atom is -0.494 e. The second kappa shape index (κ2) is 9.85. The van der Waals surface area contributed by atoms with Crippen molar-refractivity contribution in [2.75, 3.05) is 30.8 Å². The number of pyridine rings is 1. The Morgan fingerprint density at radius 2 is 1.88 bits per heavy atom. The van der Waals surface area contributed by atoms with Crippen molar-refractivity contribution < 1.29 is 13.9 Å². The van der Waals surface area contributed by atoms with Crippen molar-refractivity contribution in [3.63, 3.8) is 0 Å². The predicted octanol–water partition coefficient (Wildman–Crippen LogP) is 3.87. The molecule has 1 aromatic carbocycles. The fourth-order valence-corrected chi connectivity index (χ4v) is 3.76. The van der Waals surface area contributed by atoms with E-state index in [2.05, 4.69) is 31.0 Å². The molecule has 5 rings (SSSR count). The van der Waals surface area contributed by atoms with Crippen LogP contribution in [0.25, 0.3) is 16.6 Å². The number of nitrogens with zero attached hydrogens (tertiary/aromatic N) is 6. The number of rotatable bonds is 4. The van der Waals surface area contributed by atoms with E-state index in [1.54, 1.807) is 0 Å². The Kier molecular flexibility index (Phi) is 6.71. The zero-order valence-corrected chi connectivity index (χ0v) is 19.0. The van der Waals surface area contributed by atoms with Crippen LogP contribution in [0.3, 0.4) is 0 Å². The summed E-state index contributed by atoms with van der Waals surface area (Å²) in [6.45, 7) is 6.35. The Balaban J connectivity index is 0.000000157. The molecule has 0 bridgehead atoms. The van der Waals surface area contributed by atoms with E-state index in [4.69, 9.17) is 15.2 Å². The van der Waals surface area contributed by atoms with Gasteiger partial charge in [0.15, 0.2) is 17.2 Å². The van der Waals surface area contributed by atoms with Crippen LogP contribution in [-0.4, -0.2) is 50.9 Å². The molecule has 0 amide bonds. The fourth-order valence-electron chi connectivity index (χ4n) is 3.76. The van der Waals surface area contributed by atoms with Gasteiger partial charge in [0, 0.05) is 30.6 Å². The van der Waals surface area contributed by atoms with Gasteiger partial charge in [-0.2, -0.15) is 9.61 Å². The van der Waals surface area contributed by atoms with Crippen LogP contribution in [-0.2, 0) is 0 Å². The van der Waals surface area contributed by atoms with Crippen molar-refractivity contribution in [1.29, 1.82) is 0 Å². The minimum absolute atomic E-state index is 0.119. The lowest BCUT2D eigenvalue weighted by molar-refractivity contribution is 0.232. The molecule has 0 unspecified atom stereocenters. The Morgan fingerprint density at radius 1 is 1.09 bits per heavy atom. The normalized spacial score (nSPS) is 13.8. The van der Waals surface area contributed by atoms with Crippen molar-refractivity contribution in [3.05, 3.63) is 42.6 Å². The summed E-state index contributed by atoms with van der Waals surface area (Å²) in [5.74, 6) is 0.555. The average molecular weight is 454 g/mol. The first-order valence-electron chi connectivity index (χ1n) is 11.0. The van der Waals surface area contributed by atoms with Crippen molar-refractivity contribution in [2.45, 2.75) is 39.2 Å². The number of benzene rings is 1. The van der Waals surface area contributed by atoms with Gasteiger partial charge in [0.05, 0.1) is 30.6 Å². The summed E-state index contributed by atoms with van der Waals surface area (Å²) >= 11 is 0. The predicted molar refractivity (Wildman–Crippen MR) is 125 cm³/mol. The van der Waals surface area contributed by atoms with E-state index < -0.39 is 5.82 Å². The summed E-state index contributed by atoms with van der Waals surface area (Å²) in [4.78, 5) is 14.9. The smallest absolute Gasteiger partial charge is 0.223 e. The number of aromatic nitrogens is 5. The zero-order valence-electron chi connectivity index (χ0n) is 19.0. The number of halogens is 1. The maximum Gasteiger partial charge on any atom is 0.223 e. The number of fused-ring (bicyclic) bond motifs is 3. The van der Waals surface area contributed by atoms with Crippen LogP contribution in [0.4, 0.5) is 16.0 Å². The maximum absolute atomic E-state index is 13.6. The molecule has 1 aliphatic heterocycles. The summed E-state index contributed by atoms with van der Waals surface area (Å²) in [7, 11) is 1.39. The van der Waals surface area contributed by atoms with Gasteiger partial charge in [-0.1, -0.05) is 0 Å². The van der Waals surface area contributed by atoms with Crippen LogP contribution < -0.4 is 20.1 Å². The molecule has 174 valence electrons. The van der Waals surface area contributed by atoms with E-state index in [1.165, 1.54) is 55.0 Å². The third-order valence-electron chi connectivity index (χ3n) is 5.31. The summed E-state index contributed by atoms with van der Waals surface area (Å²) in [6, 6.07) is 6.86. The van der Waals surface area contributed by atoms with Gasteiger partial charge in [-0.3, -0.25) is 0 Å². The third kappa shape index (κ3) is 5.05. The monoisotopic (exact) mass is 453 g/mol. The number of anilines is 2. The van der Waals surface area contributed by atoms with Gasteiger partial charge in [-0.15, -0.1) is 0 Å². The molecular formula is C23H28FN7O2. The van der Waals surface area contributed by atoms with Gasteiger partial charge in [0.2, 0.25) is 11.8 Å². The minimum atomic E-state index is -0.475. The molecular weight excluding hydrogens is 425 g/mol. The zero-order chi connectivity index (χ0) is 23.4. The highest BCUT2D eigenvalue weighted by Gasteiger charge is 2.13. The Bertz CT molecular complexity index is 1220. The van der Waals surface area contributed by atoms with Crippen molar-refractivity contribution >= 4 is 28.2 Å². The third-order valence-corrected chi connectivity index (χ3v) is 5.31. The second-order valence-corrected chi connectivity index (χ2v) is 8.04. The van der Waals surface area contributed by atoms with Crippen LogP contribution in [0.15, 0.2) is 36.8 Å². The lowest BCUT2D eigenvalue weighted by Crippen LogP contribution is -2.29. The molecule has 10 heteroatoms. The summed E-state index contributed by atoms with van der Waals surface area (Å²) < 4.78 is 25.4. The van der Waals surface area contributed by atoms with E-state index in [0.717, 1.165) is 19.0 Å². The molecule has 2 N–H and O–H groups in total. The fraction of sp³-hybridized carbons (Fsp3) is 0.391. The van der Waals surface area contributed by atoms with Gasteiger partial charge < -0.3 is 20.1 Å². The molecule has 0 atom stereocenters. The molecule has 33 heavy (non-hydrogen) atoms. The van der Waals surface area contributed by atoms with Crippen LogP contribution in [0, 0.1) is 5.82 Å². The first-order chi connectivity index (χ1) is 16.0. The van der Waals surface area contributed by atoms with Gasteiger partial charge >= 0.3 is 0 Å². The summed E-state index contributed by atoms with van der Waals surface area (Å²) in [5.41, 5.74) is 7.91. The molecule has 1 aliphatic rings. The SMILES string of the molecule is CC(C)Oc1ccc(N2CCCCC2)cn1.COc1cc2nc(N)n3ncnc3c2cc1F. The molecule has 9 nitrogen and oxygen atoms in total. The number of ether oxygens (including phenoxy) is 2. The summed E-state index contributed by atoms with van der Waals surface area (Å²) in [6.07, 6.45) is 7.40. The maximum atomic E-state index is 13.6. The quantitative estimate of drug-likeness (QED) is 0.497. The number of hydrogen-bond acceptors (Lipinski definition) is 8. The van der Waals surface area contributed by atoms with Crippen LogP contribution in [0.1, 0.15) is 33.1 Å². The topological polar surface area (TPSA) is 104 Å². The number of nitrogen functional groups attached to an aromatic ring is 1. The van der Waals surface area contributed by atoms with Gasteiger partial charge in [0.1, 0.15) is 6.33 Å². The van der Waals surface area contributed by atoms with Gasteiger partial charge in [-0.25, -0.2) is 19.3 Å². The number of methoxy groups -OCH3 is 1. The molecule has 0 saturated carbocycles. The lowest BCUT2D eigenvalue weighted by Gasteiger charge is -2.28. The molecule has 4 aromatic rings.